The lowest BCUT2D eigenvalue weighted by Gasteiger charge is -2.42. The predicted molar refractivity (Wildman–Crippen MR) is 84.9 cm³/mol. The fourth-order valence-electron chi connectivity index (χ4n) is 3.85. The van der Waals surface area contributed by atoms with Gasteiger partial charge in [0.05, 0.1) is 5.54 Å². The molecular weight excluding hydrogens is 260 g/mol. The number of nitrogens with two attached hydrogens (primary N) is 1. The van der Waals surface area contributed by atoms with Crippen LogP contribution < -0.4 is 11.1 Å². The molecule has 2 fully saturated rings. The molecule has 3 nitrogen and oxygen atoms in total. The molecular formula is C18H26N2O. The molecule has 2 aliphatic rings. The van der Waals surface area contributed by atoms with Crippen LogP contribution in [0.5, 0.6) is 0 Å². The Balaban J connectivity index is 1.64. The van der Waals surface area contributed by atoms with Gasteiger partial charge in [-0.25, -0.2) is 0 Å². The molecule has 0 spiro atoms. The Labute approximate surface area is 127 Å². The average Bonchev–Trinajstić information content (AvgIpc) is 3.31. The van der Waals surface area contributed by atoms with Crippen LogP contribution in [-0.2, 0) is 4.79 Å². The van der Waals surface area contributed by atoms with Crippen molar-refractivity contribution in [1.29, 1.82) is 0 Å². The van der Waals surface area contributed by atoms with Crippen LogP contribution in [0.3, 0.4) is 0 Å². The number of hydrogen-bond donors (Lipinski definition) is 2. The summed E-state index contributed by atoms with van der Waals surface area (Å²) in [5.74, 6) is 1.24. The van der Waals surface area contributed by atoms with Crippen molar-refractivity contribution < 1.29 is 4.79 Å². The molecule has 1 aromatic carbocycles. The number of nitrogens with one attached hydrogen (secondary N) is 1. The fraction of sp³-hybridized carbons (Fsp3) is 0.611. The van der Waals surface area contributed by atoms with Crippen LogP contribution in [0, 0.1) is 11.8 Å². The lowest BCUT2D eigenvalue weighted by molar-refractivity contribution is -0.125. The van der Waals surface area contributed by atoms with Gasteiger partial charge in [-0.1, -0.05) is 50.1 Å². The minimum Gasteiger partial charge on any atom is -0.349 e. The summed E-state index contributed by atoms with van der Waals surface area (Å²) < 4.78 is 0. The molecule has 2 aliphatic carbocycles. The van der Waals surface area contributed by atoms with Crippen LogP contribution >= 0.6 is 0 Å². The Morgan fingerprint density at radius 3 is 2.76 bits per heavy atom. The van der Waals surface area contributed by atoms with E-state index in [1.807, 2.05) is 18.2 Å². The van der Waals surface area contributed by atoms with E-state index < -0.39 is 0 Å². The maximum absolute atomic E-state index is 12.6. The van der Waals surface area contributed by atoms with Crippen LogP contribution in [0.15, 0.2) is 30.3 Å². The molecule has 4 atom stereocenters. The number of carbonyl (C=O) groups excluding carboxylic acids is 1. The third-order valence-corrected chi connectivity index (χ3v) is 5.54. The van der Waals surface area contributed by atoms with Crippen LogP contribution in [0.25, 0.3) is 0 Å². The summed E-state index contributed by atoms with van der Waals surface area (Å²) in [6.07, 6.45) is 5.61. The topological polar surface area (TPSA) is 55.1 Å². The molecule has 0 aliphatic heterocycles. The predicted octanol–water partition coefficient (Wildman–Crippen LogP) is 2.81. The maximum Gasteiger partial charge on any atom is 0.224 e. The van der Waals surface area contributed by atoms with E-state index in [4.69, 9.17) is 5.73 Å². The van der Waals surface area contributed by atoms with E-state index in [9.17, 15) is 4.79 Å². The second-order valence-electron chi connectivity index (χ2n) is 6.86. The van der Waals surface area contributed by atoms with Crippen molar-refractivity contribution in [3.63, 3.8) is 0 Å². The van der Waals surface area contributed by atoms with Gasteiger partial charge in [0, 0.05) is 12.5 Å². The minimum atomic E-state index is -0.167. The molecule has 114 valence electrons. The highest BCUT2D eigenvalue weighted by Crippen LogP contribution is 2.48. The van der Waals surface area contributed by atoms with E-state index in [2.05, 4.69) is 24.4 Å². The molecule has 4 unspecified atom stereocenters. The highest BCUT2D eigenvalue weighted by molar-refractivity contribution is 5.83. The lowest BCUT2D eigenvalue weighted by atomic mass is 9.73. The summed E-state index contributed by atoms with van der Waals surface area (Å²) >= 11 is 0. The molecule has 3 N–H and O–H groups in total. The summed E-state index contributed by atoms with van der Waals surface area (Å²) in [5, 5.41) is 3.33. The van der Waals surface area contributed by atoms with E-state index >= 15 is 0 Å². The summed E-state index contributed by atoms with van der Waals surface area (Å²) in [4.78, 5) is 12.6. The molecule has 3 rings (SSSR count). The highest BCUT2D eigenvalue weighted by atomic mass is 16.2. The molecule has 3 heteroatoms. The fourth-order valence-corrected chi connectivity index (χ4v) is 3.85. The van der Waals surface area contributed by atoms with E-state index in [1.165, 1.54) is 24.8 Å². The molecule has 0 aromatic heterocycles. The van der Waals surface area contributed by atoms with Crippen LogP contribution in [0.4, 0.5) is 0 Å². The quantitative estimate of drug-likeness (QED) is 0.894. The zero-order chi connectivity index (χ0) is 14.9. The molecule has 0 bridgehead atoms. The van der Waals surface area contributed by atoms with Gasteiger partial charge in [0.25, 0.3) is 0 Å². The molecule has 0 radical (unpaired) electrons. The van der Waals surface area contributed by atoms with Gasteiger partial charge in [0.2, 0.25) is 5.91 Å². The molecule has 21 heavy (non-hydrogen) atoms. The Morgan fingerprint density at radius 1 is 1.33 bits per heavy atom. The van der Waals surface area contributed by atoms with Gasteiger partial charge in [-0.05, 0) is 36.7 Å². The van der Waals surface area contributed by atoms with Crippen molar-refractivity contribution in [2.24, 2.45) is 17.6 Å². The summed E-state index contributed by atoms with van der Waals surface area (Å²) in [6.45, 7) is 2.79. The first-order valence-corrected chi connectivity index (χ1v) is 8.23. The average molecular weight is 286 g/mol. The Bertz CT molecular complexity index is 501. The standard InChI is InChI=1S/C18H26N2O/c1-13-7-5-6-10-18(13,12-19)20-17(21)16-11-15(16)14-8-3-2-4-9-14/h2-4,8-9,13,15-16H,5-7,10-12,19H2,1H3,(H,20,21). The second-order valence-corrected chi connectivity index (χ2v) is 6.86. The first-order valence-electron chi connectivity index (χ1n) is 8.23. The second kappa shape index (κ2) is 5.80. The van der Waals surface area contributed by atoms with Gasteiger partial charge >= 0.3 is 0 Å². The van der Waals surface area contributed by atoms with Crippen LogP contribution in [0.2, 0.25) is 0 Å². The van der Waals surface area contributed by atoms with E-state index in [0.29, 0.717) is 18.4 Å². The van der Waals surface area contributed by atoms with Crippen molar-refractivity contribution >= 4 is 5.91 Å². The normalized spacial score (nSPS) is 35.2. The first kappa shape index (κ1) is 14.6. The van der Waals surface area contributed by atoms with Crippen LogP contribution in [0.1, 0.15) is 50.5 Å². The zero-order valence-corrected chi connectivity index (χ0v) is 12.8. The number of rotatable bonds is 4. The van der Waals surface area contributed by atoms with Gasteiger partial charge in [-0.2, -0.15) is 0 Å². The number of hydrogen-bond acceptors (Lipinski definition) is 2. The van der Waals surface area contributed by atoms with Crippen molar-refractivity contribution in [2.75, 3.05) is 6.54 Å². The van der Waals surface area contributed by atoms with Crippen molar-refractivity contribution in [1.82, 2.24) is 5.32 Å². The molecule has 0 saturated heterocycles. The monoisotopic (exact) mass is 286 g/mol. The van der Waals surface area contributed by atoms with Crippen molar-refractivity contribution in [3.05, 3.63) is 35.9 Å². The van der Waals surface area contributed by atoms with E-state index in [0.717, 1.165) is 12.8 Å². The summed E-state index contributed by atoms with van der Waals surface area (Å²) in [6, 6.07) is 10.4. The van der Waals surface area contributed by atoms with Crippen molar-refractivity contribution in [2.45, 2.75) is 50.5 Å². The summed E-state index contributed by atoms with van der Waals surface area (Å²) in [5.41, 5.74) is 7.15. The van der Waals surface area contributed by atoms with Gasteiger partial charge in [-0.15, -0.1) is 0 Å². The van der Waals surface area contributed by atoms with Crippen LogP contribution in [-0.4, -0.2) is 18.0 Å². The van der Waals surface area contributed by atoms with E-state index in [1.54, 1.807) is 0 Å². The van der Waals surface area contributed by atoms with Crippen molar-refractivity contribution in [3.8, 4) is 0 Å². The van der Waals surface area contributed by atoms with Gasteiger partial charge in [0.1, 0.15) is 0 Å². The lowest BCUT2D eigenvalue weighted by Crippen LogP contribution is -2.59. The van der Waals surface area contributed by atoms with Gasteiger partial charge in [-0.3, -0.25) is 4.79 Å². The number of carbonyl (C=O) groups is 1. The number of amides is 1. The Kier molecular flexibility index (Phi) is 4.03. The molecule has 0 heterocycles. The Hall–Kier alpha value is -1.35. The Morgan fingerprint density at radius 2 is 2.10 bits per heavy atom. The molecule has 1 aromatic rings. The third kappa shape index (κ3) is 2.84. The third-order valence-electron chi connectivity index (χ3n) is 5.54. The first-order chi connectivity index (χ1) is 10.2. The van der Waals surface area contributed by atoms with E-state index in [-0.39, 0.29) is 17.4 Å². The smallest absolute Gasteiger partial charge is 0.224 e. The number of benzene rings is 1. The molecule has 1 amide bonds. The largest absolute Gasteiger partial charge is 0.349 e. The zero-order valence-electron chi connectivity index (χ0n) is 12.8. The minimum absolute atomic E-state index is 0.143. The SMILES string of the molecule is CC1CCCCC1(CN)NC(=O)C1CC1c1ccccc1. The van der Waals surface area contributed by atoms with Gasteiger partial charge < -0.3 is 11.1 Å². The highest BCUT2D eigenvalue weighted by Gasteiger charge is 2.47. The summed E-state index contributed by atoms with van der Waals surface area (Å²) in [7, 11) is 0. The van der Waals surface area contributed by atoms with Gasteiger partial charge in [0.15, 0.2) is 0 Å². The molecule has 2 saturated carbocycles. The maximum atomic E-state index is 12.6.